The van der Waals surface area contributed by atoms with Gasteiger partial charge in [0.2, 0.25) is 0 Å². The number of benzene rings is 3. The number of phenolic OH excluding ortho intramolecular Hbond substituents is 1. The molecule has 3 aromatic carbocycles. The Labute approximate surface area is 147 Å². The molecule has 0 aliphatic carbocycles. The Hall–Kier alpha value is -2.95. The second-order valence-electron chi connectivity index (χ2n) is 5.73. The van der Waals surface area contributed by atoms with E-state index in [4.69, 9.17) is 0 Å². The first-order chi connectivity index (χ1) is 12.2. The summed E-state index contributed by atoms with van der Waals surface area (Å²) >= 11 is -0.205. The molecule has 6 heteroatoms. The Morgan fingerprint density at radius 2 is 1.48 bits per heavy atom. The number of aromatic nitrogens is 3. The van der Waals surface area contributed by atoms with Gasteiger partial charge in [-0.2, -0.15) is 0 Å². The Balaban J connectivity index is 1.83. The number of hydrogen-bond donors (Lipinski definition) is 1. The second-order valence-corrected chi connectivity index (χ2v) is 7.80. The van der Waals surface area contributed by atoms with Crippen molar-refractivity contribution in [3.8, 4) is 11.4 Å². The third kappa shape index (κ3) is 2.19. The molecule has 5 nitrogen and oxygen atoms in total. The van der Waals surface area contributed by atoms with Crippen LogP contribution in [0.1, 0.15) is 0 Å². The number of para-hydroxylation sites is 2. The van der Waals surface area contributed by atoms with Crippen molar-refractivity contribution in [2.24, 2.45) is 0 Å². The van der Waals surface area contributed by atoms with Gasteiger partial charge in [0.15, 0.2) is 0 Å². The zero-order valence-electron chi connectivity index (χ0n) is 12.9. The minimum atomic E-state index is -0.205. The average molecular weight is 392 g/mol. The fraction of sp³-hybridized carbons (Fsp3) is 0. The van der Waals surface area contributed by atoms with Crippen LogP contribution in [-0.4, -0.2) is 33.4 Å². The van der Waals surface area contributed by atoms with E-state index in [9.17, 15) is 9.90 Å². The summed E-state index contributed by atoms with van der Waals surface area (Å²) in [6.07, 6.45) is 0. The van der Waals surface area contributed by atoms with E-state index >= 15 is 0 Å². The van der Waals surface area contributed by atoms with Crippen molar-refractivity contribution in [1.82, 2.24) is 13.5 Å². The van der Waals surface area contributed by atoms with Crippen molar-refractivity contribution in [2.45, 2.75) is 0 Å². The van der Waals surface area contributed by atoms with Gasteiger partial charge in [0.05, 0.1) is 0 Å². The van der Waals surface area contributed by atoms with E-state index in [1.54, 1.807) is 15.7 Å². The van der Waals surface area contributed by atoms with Crippen molar-refractivity contribution < 1.29 is 5.11 Å². The quantitative estimate of drug-likeness (QED) is 0.352. The molecule has 0 saturated heterocycles. The van der Waals surface area contributed by atoms with Crippen LogP contribution in [0.25, 0.3) is 37.4 Å². The average Bonchev–Trinajstić information content (AvgIpc) is 2.96. The van der Waals surface area contributed by atoms with Gasteiger partial charge < -0.3 is 0 Å². The molecule has 0 unspecified atom stereocenters. The van der Waals surface area contributed by atoms with Crippen LogP contribution in [0.4, 0.5) is 0 Å². The molecule has 2 aromatic heterocycles. The van der Waals surface area contributed by atoms with Gasteiger partial charge in [0.25, 0.3) is 0 Å². The molecule has 5 aromatic rings. The maximum atomic E-state index is 12.7. The first-order valence-electron chi connectivity index (χ1n) is 7.72. The topological polar surface area (TPSA) is 68.0 Å². The van der Waals surface area contributed by atoms with Crippen LogP contribution in [0.15, 0.2) is 65.5 Å². The predicted molar refractivity (Wildman–Crippen MR) is 98.8 cm³/mol. The molecule has 0 spiro atoms. The van der Waals surface area contributed by atoms with Gasteiger partial charge >= 0.3 is 148 Å². The Bertz CT molecular complexity index is 1340. The molecule has 0 bridgehead atoms. The fourth-order valence-electron chi connectivity index (χ4n) is 2.94. The zero-order chi connectivity index (χ0) is 17.0. The van der Waals surface area contributed by atoms with Crippen LogP contribution in [0.5, 0.6) is 5.75 Å². The molecule has 0 radical (unpaired) electrons. The van der Waals surface area contributed by atoms with Crippen molar-refractivity contribution in [2.75, 3.05) is 0 Å². The molecule has 0 saturated carbocycles. The van der Waals surface area contributed by atoms with Gasteiger partial charge in [0.1, 0.15) is 0 Å². The summed E-state index contributed by atoms with van der Waals surface area (Å²) in [5.41, 5.74) is 3.23. The summed E-state index contributed by atoms with van der Waals surface area (Å²) in [7, 11) is 0. The van der Waals surface area contributed by atoms with E-state index in [0.717, 1.165) is 15.3 Å². The van der Waals surface area contributed by atoms with Gasteiger partial charge in [-0.1, -0.05) is 0 Å². The molecular weight excluding hydrogens is 381 g/mol. The number of nitrogens with zero attached hydrogens (tertiary/aromatic N) is 3. The van der Waals surface area contributed by atoms with Crippen LogP contribution in [0.3, 0.4) is 0 Å². The second kappa shape index (κ2) is 5.28. The summed E-state index contributed by atoms with van der Waals surface area (Å²) in [6.45, 7) is 0. The van der Waals surface area contributed by atoms with Gasteiger partial charge in [-0.25, -0.2) is 0 Å². The van der Waals surface area contributed by atoms with Gasteiger partial charge in [-0.05, 0) is 0 Å². The molecule has 1 N–H and O–H groups in total. The number of fused-ring (bicyclic) bond motifs is 3. The van der Waals surface area contributed by atoms with E-state index in [0.29, 0.717) is 22.1 Å². The van der Waals surface area contributed by atoms with Gasteiger partial charge in [-0.15, -0.1) is 0 Å². The number of aromatic hydroxyl groups is 1. The van der Waals surface area contributed by atoms with Crippen molar-refractivity contribution in [3.05, 3.63) is 71.0 Å². The van der Waals surface area contributed by atoms with E-state index in [2.05, 4.69) is 9.97 Å². The molecular formula is C19H11N3O2Se. The molecule has 0 atom stereocenters. The standard InChI is InChI=1S/C19H11N3O2Se/c23-17-10-15-14(20-12-6-2-3-7-13(12)21-15)9-16(17)22-19(24)11-5-1-4-8-18(11)25-22/h1-10,23H. The van der Waals surface area contributed by atoms with Crippen LogP contribution >= 0.6 is 0 Å². The maximum absolute atomic E-state index is 12.7. The zero-order valence-corrected chi connectivity index (χ0v) is 14.6. The molecule has 2 heterocycles. The van der Waals surface area contributed by atoms with Crippen LogP contribution < -0.4 is 5.56 Å². The van der Waals surface area contributed by atoms with Crippen molar-refractivity contribution >= 4 is 46.4 Å². The van der Waals surface area contributed by atoms with Crippen molar-refractivity contribution in [3.63, 3.8) is 0 Å². The molecule has 0 aliphatic rings. The summed E-state index contributed by atoms with van der Waals surface area (Å²) in [6, 6.07) is 18.5. The van der Waals surface area contributed by atoms with Crippen LogP contribution in [0.2, 0.25) is 0 Å². The fourth-order valence-corrected chi connectivity index (χ4v) is 5.07. The number of hydrogen-bond acceptors (Lipinski definition) is 4. The molecule has 0 aliphatic heterocycles. The number of rotatable bonds is 1. The summed E-state index contributed by atoms with van der Waals surface area (Å²) in [5, 5.41) is 11.2. The van der Waals surface area contributed by atoms with E-state index in [1.165, 1.54) is 0 Å². The SMILES string of the molecule is O=c1c2ccccc2[se]n1-c1cc2nc3ccccc3nc2cc1O. The number of phenols is 1. The Morgan fingerprint density at radius 3 is 2.20 bits per heavy atom. The Morgan fingerprint density at radius 1 is 0.840 bits per heavy atom. The van der Waals surface area contributed by atoms with Gasteiger partial charge in [0, 0.05) is 0 Å². The van der Waals surface area contributed by atoms with Gasteiger partial charge in [-0.3, -0.25) is 0 Å². The summed E-state index contributed by atoms with van der Waals surface area (Å²) in [4.78, 5) is 21.9. The molecule has 120 valence electrons. The van der Waals surface area contributed by atoms with Crippen LogP contribution in [-0.2, 0) is 0 Å². The minimum absolute atomic E-state index is 0.0418. The first kappa shape index (κ1) is 14.4. The normalized spacial score (nSPS) is 11.5. The summed E-state index contributed by atoms with van der Waals surface area (Å²) < 4.78 is 2.66. The molecule has 5 rings (SSSR count). The predicted octanol–water partition coefficient (Wildman–Crippen LogP) is 2.85. The molecule has 0 fully saturated rings. The van der Waals surface area contributed by atoms with E-state index in [-0.39, 0.29) is 26.0 Å². The third-order valence-corrected chi connectivity index (χ3v) is 6.45. The Kier molecular flexibility index (Phi) is 3.04. The first-order valence-corrected chi connectivity index (χ1v) is 9.34. The third-order valence-electron chi connectivity index (χ3n) is 4.15. The van der Waals surface area contributed by atoms with Crippen molar-refractivity contribution in [1.29, 1.82) is 0 Å². The monoisotopic (exact) mass is 393 g/mol. The van der Waals surface area contributed by atoms with E-state index < -0.39 is 0 Å². The molecule has 25 heavy (non-hydrogen) atoms. The van der Waals surface area contributed by atoms with E-state index in [1.807, 2.05) is 48.5 Å². The molecule has 0 amide bonds. The van der Waals surface area contributed by atoms with Crippen LogP contribution in [0, 0.1) is 0 Å². The summed E-state index contributed by atoms with van der Waals surface area (Å²) in [5.74, 6) is 0.0418.